The Balaban J connectivity index is 0.00000338. The Labute approximate surface area is 180 Å². The number of nitrogens with one attached hydrogen (secondary N) is 1. The number of carbonyl (C=O) groups is 1. The number of benzene rings is 1. The fourth-order valence-corrected chi connectivity index (χ4v) is 2.93. The summed E-state index contributed by atoms with van der Waals surface area (Å²) < 4.78 is 5.74. The van der Waals surface area contributed by atoms with Crippen LogP contribution in [-0.2, 0) is 4.79 Å². The monoisotopic (exact) mass is 439 g/mol. The molecule has 0 spiro atoms. The van der Waals surface area contributed by atoms with E-state index in [0.29, 0.717) is 11.6 Å². The van der Waals surface area contributed by atoms with Gasteiger partial charge in [0.25, 0.3) is 0 Å². The number of likely N-dealkylation sites (tertiary alicyclic amines) is 1. The Morgan fingerprint density at radius 1 is 1.26 bits per heavy atom. The predicted molar refractivity (Wildman–Crippen MR) is 116 cm³/mol. The lowest BCUT2D eigenvalue weighted by Gasteiger charge is -2.34. The molecule has 5 nitrogen and oxygen atoms in total. The molecule has 1 aromatic rings. The van der Waals surface area contributed by atoms with E-state index < -0.39 is 6.04 Å². The van der Waals surface area contributed by atoms with Crippen molar-refractivity contribution in [3.05, 3.63) is 29.3 Å². The highest BCUT2D eigenvalue weighted by Crippen LogP contribution is 2.19. The lowest BCUT2D eigenvalue weighted by atomic mass is 9.86. The number of ether oxygens (including phenoxy) is 1. The molecule has 1 atom stereocenters. The van der Waals surface area contributed by atoms with Gasteiger partial charge in [-0.05, 0) is 42.5 Å². The number of hydrogen-bond acceptors (Lipinski definition) is 4. The zero-order chi connectivity index (χ0) is 18.4. The second-order valence-electron chi connectivity index (χ2n) is 7.77. The number of hydrogen-bond donors (Lipinski definition) is 2. The minimum Gasteiger partial charge on any atom is -0.492 e. The number of rotatable bonds is 6. The Hall–Kier alpha value is -0.720. The molecule has 2 rings (SSSR count). The summed E-state index contributed by atoms with van der Waals surface area (Å²) in [4.78, 5) is 14.6. The Morgan fingerprint density at radius 3 is 2.33 bits per heavy atom. The number of amides is 1. The Bertz CT molecular complexity index is 556. The lowest BCUT2D eigenvalue weighted by Crippen LogP contribution is -2.53. The molecule has 1 saturated heterocycles. The van der Waals surface area contributed by atoms with E-state index in [4.69, 9.17) is 22.1 Å². The number of carbonyl (C=O) groups excluding carboxylic acids is 1. The van der Waals surface area contributed by atoms with E-state index in [-0.39, 0.29) is 42.2 Å². The molecule has 1 aromatic carbocycles. The second kappa shape index (κ2) is 12.0. The quantitative estimate of drug-likeness (QED) is 0.710. The van der Waals surface area contributed by atoms with Crippen molar-refractivity contribution >= 4 is 42.3 Å². The van der Waals surface area contributed by atoms with Gasteiger partial charge in [0.15, 0.2) is 0 Å². The topological polar surface area (TPSA) is 67.6 Å². The molecule has 1 aliphatic heterocycles. The predicted octanol–water partition coefficient (Wildman–Crippen LogP) is 3.52. The van der Waals surface area contributed by atoms with Crippen molar-refractivity contribution in [1.29, 1.82) is 0 Å². The van der Waals surface area contributed by atoms with Crippen LogP contribution in [0.5, 0.6) is 5.75 Å². The molecule has 1 amide bonds. The van der Waals surface area contributed by atoms with Gasteiger partial charge in [-0.15, -0.1) is 24.8 Å². The van der Waals surface area contributed by atoms with Gasteiger partial charge in [0.1, 0.15) is 12.4 Å². The van der Waals surface area contributed by atoms with Crippen LogP contribution in [0, 0.1) is 5.41 Å². The average Bonchev–Trinajstić information content (AvgIpc) is 2.56. The molecule has 1 aliphatic rings. The van der Waals surface area contributed by atoms with Gasteiger partial charge in [0, 0.05) is 30.7 Å². The molecule has 0 saturated carbocycles. The maximum atomic E-state index is 12.2. The van der Waals surface area contributed by atoms with Crippen molar-refractivity contribution in [2.24, 2.45) is 11.1 Å². The Kier molecular flexibility index (Phi) is 11.7. The third kappa shape index (κ3) is 8.88. The van der Waals surface area contributed by atoms with Gasteiger partial charge < -0.3 is 15.8 Å². The first-order valence-electron chi connectivity index (χ1n) is 8.92. The van der Waals surface area contributed by atoms with Crippen molar-refractivity contribution < 1.29 is 9.53 Å². The largest absolute Gasteiger partial charge is 0.492 e. The number of halogens is 3. The molecule has 27 heavy (non-hydrogen) atoms. The lowest BCUT2D eigenvalue weighted by molar-refractivity contribution is -0.125. The molecule has 1 heterocycles. The second-order valence-corrected chi connectivity index (χ2v) is 8.21. The summed E-state index contributed by atoms with van der Waals surface area (Å²) in [5.74, 6) is 0.791. The summed E-state index contributed by atoms with van der Waals surface area (Å²) >= 11 is 5.86. The molecule has 3 N–H and O–H groups in total. The van der Waals surface area contributed by atoms with Crippen LogP contribution in [0.4, 0.5) is 0 Å². The SMILES string of the molecule is CC(C)(C)[C@H](N)C(=O)NC1CCN(CCOc2ccc(Cl)cc2)CC1.Cl.Cl. The van der Waals surface area contributed by atoms with E-state index in [2.05, 4.69) is 10.2 Å². The van der Waals surface area contributed by atoms with E-state index in [1.54, 1.807) is 0 Å². The van der Waals surface area contributed by atoms with Crippen LogP contribution in [0.15, 0.2) is 24.3 Å². The smallest absolute Gasteiger partial charge is 0.237 e. The fourth-order valence-electron chi connectivity index (χ4n) is 2.81. The first-order chi connectivity index (χ1) is 11.8. The van der Waals surface area contributed by atoms with Gasteiger partial charge in [-0.1, -0.05) is 32.4 Å². The molecule has 0 radical (unpaired) electrons. The van der Waals surface area contributed by atoms with Gasteiger partial charge in [0.05, 0.1) is 6.04 Å². The van der Waals surface area contributed by atoms with Gasteiger partial charge in [-0.25, -0.2) is 0 Å². The van der Waals surface area contributed by atoms with Crippen molar-refractivity contribution in [2.45, 2.75) is 45.7 Å². The molecule has 8 heteroatoms. The molecule has 0 bridgehead atoms. The number of nitrogens with two attached hydrogens (primary N) is 1. The van der Waals surface area contributed by atoms with Crippen molar-refractivity contribution in [2.75, 3.05) is 26.2 Å². The summed E-state index contributed by atoms with van der Waals surface area (Å²) in [6.45, 7) is 9.40. The van der Waals surface area contributed by atoms with E-state index in [9.17, 15) is 4.79 Å². The van der Waals surface area contributed by atoms with Gasteiger partial charge >= 0.3 is 0 Å². The third-order valence-corrected chi connectivity index (χ3v) is 4.89. The molecular formula is C19H32Cl3N3O2. The Morgan fingerprint density at radius 2 is 1.81 bits per heavy atom. The standard InChI is InChI=1S/C19H30ClN3O2.2ClH/c1-19(2,3)17(21)18(24)22-15-8-10-23(11-9-15)12-13-25-16-6-4-14(20)5-7-16;;/h4-7,15,17H,8-13,21H2,1-3H3,(H,22,24);2*1H/t17-;;/m1../s1. The van der Waals surface area contributed by atoms with E-state index in [1.165, 1.54) is 0 Å². The van der Waals surface area contributed by atoms with Crippen molar-refractivity contribution in [1.82, 2.24) is 10.2 Å². The zero-order valence-corrected chi connectivity index (χ0v) is 18.6. The van der Waals surface area contributed by atoms with Gasteiger partial charge in [-0.2, -0.15) is 0 Å². The minimum absolute atomic E-state index is 0. The maximum absolute atomic E-state index is 12.2. The zero-order valence-electron chi connectivity index (χ0n) is 16.2. The molecule has 0 unspecified atom stereocenters. The van der Waals surface area contributed by atoms with Gasteiger partial charge in [-0.3, -0.25) is 9.69 Å². The summed E-state index contributed by atoms with van der Waals surface area (Å²) in [5.41, 5.74) is 5.80. The molecule has 0 aromatic heterocycles. The van der Waals surface area contributed by atoms with E-state index >= 15 is 0 Å². The van der Waals surface area contributed by atoms with Crippen LogP contribution in [0.1, 0.15) is 33.6 Å². The van der Waals surface area contributed by atoms with Crippen LogP contribution in [-0.4, -0.2) is 49.1 Å². The summed E-state index contributed by atoms with van der Waals surface area (Å²) in [6.07, 6.45) is 1.90. The molecule has 1 fully saturated rings. The summed E-state index contributed by atoms with van der Waals surface area (Å²) in [6, 6.07) is 7.15. The van der Waals surface area contributed by atoms with Crippen LogP contribution >= 0.6 is 36.4 Å². The summed E-state index contributed by atoms with van der Waals surface area (Å²) in [7, 11) is 0. The van der Waals surface area contributed by atoms with Crippen molar-refractivity contribution in [3.63, 3.8) is 0 Å². The molecule has 0 aliphatic carbocycles. The van der Waals surface area contributed by atoms with E-state index in [1.807, 2.05) is 45.0 Å². The highest BCUT2D eigenvalue weighted by Gasteiger charge is 2.29. The first kappa shape index (κ1) is 26.3. The summed E-state index contributed by atoms with van der Waals surface area (Å²) in [5, 5.41) is 3.81. The molecule has 156 valence electrons. The van der Waals surface area contributed by atoms with Crippen LogP contribution < -0.4 is 15.8 Å². The number of nitrogens with zero attached hydrogens (tertiary/aromatic N) is 1. The van der Waals surface area contributed by atoms with Gasteiger partial charge in [0.2, 0.25) is 5.91 Å². The van der Waals surface area contributed by atoms with Crippen LogP contribution in [0.2, 0.25) is 5.02 Å². The van der Waals surface area contributed by atoms with E-state index in [0.717, 1.165) is 38.2 Å². The molecular weight excluding hydrogens is 409 g/mol. The third-order valence-electron chi connectivity index (χ3n) is 4.64. The van der Waals surface area contributed by atoms with Crippen LogP contribution in [0.25, 0.3) is 0 Å². The fraction of sp³-hybridized carbons (Fsp3) is 0.632. The minimum atomic E-state index is -0.474. The highest BCUT2D eigenvalue weighted by molar-refractivity contribution is 6.30. The normalized spacial score (nSPS) is 16.6. The number of piperidine rings is 1. The first-order valence-corrected chi connectivity index (χ1v) is 9.30. The van der Waals surface area contributed by atoms with Crippen LogP contribution in [0.3, 0.4) is 0 Å². The van der Waals surface area contributed by atoms with Crippen molar-refractivity contribution in [3.8, 4) is 5.75 Å². The highest BCUT2D eigenvalue weighted by atomic mass is 35.5. The maximum Gasteiger partial charge on any atom is 0.237 e. The average molecular weight is 441 g/mol.